The SMILES string of the molecule is [C-]#[N+]c1cccc(C(=O)N[C@H](C(=O)Nc2ccc(-c3ccccc3S(=O)(=O)NC(C)(C)C)cc2)C(C)C)c1. The average Bonchev–Trinajstić information content (AvgIpc) is 2.86. The lowest BCUT2D eigenvalue weighted by molar-refractivity contribution is -0.118. The number of benzene rings is 3. The second-order valence-corrected chi connectivity index (χ2v) is 11.9. The fourth-order valence-electron chi connectivity index (χ4n) is 3.83. The molecule has 0 radical (unpaired) electrons. The Morgan fingerprint density at radius 3 is 2.18 bits per heavy atom. The van der Waals surface area contributed by atoms with E-state index in [0.29, 0.717) is 28.1 Å². The van der Waals surface area contributed by atoms with E-state index in [4.69, 9.17) is 6.57 Å². The lowest BCUT2D eigenvalue weighted by atomic mass is 10.0. The molecular formula is C29H32N4O4S. The van der Waals surface area contributed by atoms with Crippen molar-refractivity contribution in [2.75, 3.05) is 5.32 Å². The van der Waals surface area contributed by atoms with Gasteiger partial charge in [-0.25, -0.2) is 18.0 Å². The van der Waals surface area contributed by atoms with Crippen LogP contribution in [0.25, 0.3) is 16.0 Å². The predicted octanol–water partition coefficient (Wildman–Crippen LogP) is 5.37. The summed E-state index contributed by atoms with van der Waals surface area (Å²) in [6, 6.07) is 19.1. The van der Waals surface area contributed by atoms with E-state index in [-0.39, 0.29) is 16.7 Å². The Bertz CT molecular complexity index is 1470. The Morgan fingerprint density at radius 2 is 1.58 bits per heavy atom. The van der Waals surface area contributed by atoms with E-state index >= 15 is 0 Å². The number of carbonyl (C=O) groups excluding carboxylic acids is 2. The van der Waals surface area contributed by atoms with Crippen LogP contribution in [0.15, 0.2) is 77.7 Å². The van der Waals surface area contributed by atoms with E-state index in [1.165, 1.54) is 6.07 Å². The molecule has 0 aliphatic heterocycles. The standard InChI is InChI=1S/C29H32N4O4S/c1-19(2)26(32-27(34)21-10-9-11-23(18-21)30-6)28(35)31-22-16-14-20(15-17-22)24-12-7-8-13-25(24)38(36,37)33-29(3,4)5/h7-19,26,33H,1-5H3,(H,31,35)(H,32,34)/t26-/m0/s1. The van der Waals surface area contributed by atoms with E-state index in [1.807, 2.05) is 13.8 Å². The van der Waals surface area contributed by atoms with Crippen molar-refractivity contribution in [1.82, 2.24) is 10.0 Å². The molecule has 9 heteroatoms. The third kappa shape index (κ3) is 7.28. The highest BCUT2D eigenvalue weighted by atomic mass is 32.2. The molecule has 0 aliphatic carbocycles. The summed E-state index contributed by atoms with van der Waals surface area (Å²) in [4.78, 5) is 29.3. The molecule has 38 heavy (non-hydrogen) atoms. The zero-order valence-electron chi connectivity index (χ0n) is 22.1. The van der Waals surface area contributed by atoms with Crippen molar-refractivity contribution in [2.24, 2.45) is 5.92 Å². The van der Waals surface area contributed by atoms with Crippen LogP contribution in [0, 0.1) is 12.5 Å². The second-order valence-electron chi connectivity index (χ2n) is 10.3. The Hall–Kier alpha value is -4.00. The minimum atomic E-state index is -3.76. The van der Waals surface area contributed by atoms with Crippen LogP contribution >= 0.6 is 0 Å². The number of carbonyl (C=O) groups is 2. The van der Waals surface area contributed by atoms with Crippen LogP contribution in [-0.2, 0) is 14.8 Å². The molecule has 2 amide bonds. The predicted molar refractivity (Wildman–Crippen MR) is 149 cm³/mol. The summed E-state index contributed by atoms with van der Waals surface area (Å²) in [7, 11) is -3.76. The fourth-order valence-corrected chi connectivity index (χ4v) is 5.48. The fraction of sp³-hybridized carbons (Fsp3) is 0.276. The molecule has 0 unspecified atom stereocenters. The first-order valence-corrected chi connectivity index (χ1v) is 13.6. The molecule has 0 spiro atoms. The molecule has 3 rings (SSSR count). The Balaban J connectivity index is 1.78. The number of nitrogens with zero attached hydrogens (tertiary/aromatic N) is 1. The van der Waals surface area contributed by atoms with Gasteiger partial charge in [0.05, 0.1) is 11.5 Å². The minimum absolute atomic E-state index is 0.164. The lowest BCUT2D eigenvalue weighted by Gasteiger charge is -2.22. The van der Waals surface area contributed by atoms with Crippen molar-refractivity contribution in [1.29, 1.82) is 0 Å². The summed E-state index contributed by atoms with van der Waals surface area (Å²) in [5.74, 6) is -1.03. The number of hydrogen-bond acceptors (Lipinski definition) is 4. The zero-order valence-corrected chi connectivity index (χ0v) is 22.9. The summed E-state index contributed by atoms with van der Waals surface area (Å²) >= 11 is 0. The summed E-state index contributed by atoms with van der Waals surface area (Å²) in [5.41, 5.74) is 1.72. The van der Waals surface area contributed by atoms with E-state index in [2.05, 4.69) is 20.2 Å². The second kappa shape index (κ2) is 11.6. The van der Waals surface area contributed by atoms with E-state index in [9.17, 15) is 18.0 Å². The van der Waals surface area contributed by atoms with Gasteiger partial charge in [-0.3, -0.25) is 9.59 Å². The highest BCUT2D eigenvalue weighted by Gasteiger charge is 2.26. The van der Waals surface area contributed by atoms with Gasteiger partial charge >= 0.3 is 0 Å². The van der Waals surface area contributed by atoms with Crippen LogP contribution in [0.3, 0.4) is 0 Å². The normalized spacial score (nSPS) is 12.4. The van der Waals surface area contributed by atoms with Crippen LogP contribution < -0.4 is 15.4 Å². The topological polar surface area (TPSA) is 109 Å². The third-order valence-electron chi connectivity index (χ3n) is 5.55. The monoisotopic (exact) mass is 532 g/mol. The number of nitrogens with one attached hydrogen (secondary N) is 3. The molecule has 0 heterocycles. The number of sulfonamides is 1. The van der Waals surface area contributed by atoms with Gasteiger partial charge in [0.1, 0.15) is 6.04 Å². The molecule has 3 aromatic carbocycles. The molecule has 0 saturated heterocycles. The number of hydrogen-bond donors (Lipinski definition) is 3. The van der Waals surface area contributed by atoms with Crippen LogP contribution in [0.2, 0.25) is 0 Å². The van der Waals surface area contributed by atoms with Gasteiger partial charge in [-0.15, -0.1) is 0 Å². The van der Waals surface area contributed by atoms with Crippen LogP contribution in [0.4, 0.5) is 11.4 Å². The van der Waals surface area contributed by atoms with Crippen molar-refractivity contribution < 1.29 is 18.0 Å². The summed E-state index contributed by atoms with van der Waals surface area (Å²) in [6.45, 7) is 16.1. The molecule has 8 nitrogen and oxygen atoms in total. The maximum Gasteiger partial charge on any atom is 0.250 e. The minimum Gasteiger partial charge on any atom is -0.340 e. The van der Waals surface area contributed by atoms with Gasteiger partial charge in [0, 0.05) is 22.4 Å². The zero-order chi connectivity index (χ0) is 28.1. The van der Waals surface area contributed by atoms with Crippen molar-refractivity contribution in [3.8, 4) is 11.1 Å². The Morgan fingerprint density at radius 1 is 0.921 bits per heavy atom. The van der Waals surface area contributed by atoms with Gasteiger partial charge in [0.25, 0.3) is 5.91 Å². The highest BCUT2D eigenvalue weighted by Crippen LogP contribution is 2.29. The third-order valence-corrected chi connectivity index (χ3v) is 7.37. The van der Waals surface area contributed by atoms with Gasteiger partial charge in [-0.05, 0) is 56.5 Å². The average molecular weight is 533 g/mol. The van der Waals surface area contributed by atoms with Crippen molar-refractivity contribution >= 4 is 33.2 Å². The van der Waals surface area contributed by atoms with Crippen LogP contribution in [0.5, 0.6) is 0 Å². The van der Waals surface area contributed by atoms with Gasteiger partial charge < -0.3 is 10.6 Å². The van der Waals surface area contributed by atoms with Crippen LogP contribution in [0.1, 0.15) is 45.0 Å². The quantitative estimate of drug-likeness (QED) is 0.339. The van der Waals surface area contributed by atoms with Crippen molar-refractivity contribution in [2.45, 2.75) is 51.1 Å². The molecule has 1 atom stereocenters. The van der Waals surface area contributed by atoms with Gasteiger partial charge in [-0.1, -0.05) is 62.4 Å². The molecule has 3 N–H and O–H groups in total. The van der Waals surface area contributed by atoms with Gasteiger partial charge in [0.2, 0.25) is 15.9 Å². The van der Waals surface area contributed by atoms with Crippen LogP contribution in [-0.4, -0.2) is 31.8 Å². The summed E-state index contributed by atoms with van der Waals surface area (Å²) < 4.78 is 28.7. The van der Waals surface area contributed by atoms with Gasteiger partial charge in [0.15, 0.2) is 5.69 Å². The van der Waals surface area contributed by atoms with Crippen molar-refractivity contribution in [3.05, 3.63) is 89.8 Å². The molecule has 0 aliphatic rings. The first-order chi connectivity index (χ1) is 17.8. The first-order valence-electron chi connectivity index (χ1n) is 12.1. The number of amides is 2. The smallest absolute Gasteiger partial charge is 0.250 e. The molecule has 0 bridgehead atoms. The van der Waals surface area contributed by atoms with Gasteiger partial charge in [-0.2, -0.15) is 0 Å². The highest BCUT2D eigenvalue weighted by molar-refractivity contribution is 7.89. The molecule has 3 aromatic rings. The molecule has 0 aromatic heterocycles. The lowest BCUT2D eigenvalue weighted by Crippen LogP contribution is -2.47. The first kappa shape index (κ1) is 28.6. The summed E-state index contributed by atoms with van der Waals surface area (Å²) in [6.07, 6.45) is 0. The largest absolute Gasteiger partial charge is 0.340 e. The molecule has 198 valence electrons. The maximum atomic E-state index is 13.1. The van der Waals surface area contributed by atoms with E-state index < -0.39 is 27.5 Å². The molecule has 0 saturated carbocycles. The summed E-state index contributed by atoms with van der Waals surface area (Å²) in [5, 5.41) is 5.58. The molecular weight excluding hydrogens is 500 g/mol. The molecule has 0 fully saturated rings. The Kier molecular flexibility index (Phi) is 8.71. The van der Waals surface area contributed by atoms with Crippen molar-refractivity contribution in [3.63, 3.8) is 0 Å². The van der Waals surface area contributed by atoms with E-state index in [1.54, 1.807) is 87.5 Å². The number of anilines is 1. The van der Waals surface area contributed by atoms with E-state index in [0.717, 1.165) is 0 Å². The number of rotatable bonds is 8. The Labute approximate surface area is 224 Å². The maximum absolute atomic E-state index is 13.1.